The van der Waals surface area contributed by atoms with Gasteiger partial charge in [-0.25, -0.2) is 8.78 Å². The van der Waals surface area contributed by atoms with Crippen molar-refractivity contribution in [2.45, 2.75) is 6.92 Å². The van der Waals surface area contributed by atoms with Crippen molar-refractivity contribution in [1.82, 2.24) is 0 Å². The lowest BCUT2D eigenvalue weighted by Gasteiger charge is -1.98. The third-order valence-electron chi connectivity index (χ3n) is 1.27. The van der Waals surface area contributed by atoms with Gasteiger partial charge in [-0.05, 0) is 35.0 Å². The molecular formula is C7H5BrF2. The molecule has 0 fully saturated rings. The fourth-order valence-corrected chi connectivity index (χ4v) is 0.950. The Morgan fingerprint density at radius 3 is 2.20 bits per heavy atom. The highest BCUT2D eigenvalue weighted by Crippen LogP contribution is 2.21. The van der Waals surface area contributed by atoms with Crippen LogP contribution < -0.4 is 0 Å². The molecule has 0 bridgehead atoms. The molecule has 10 heavy (non-hydrogen) atoms. The van der Waals surface area contributed by atoms with Crippen LogP contribution in [0.4, 0.5) is 8.78 Å². The van der Waals surface area contributed by atoms with E-state index in [1.54, 1.807) is 0 Å². The first-order valence-corrected chi connectivity index (χ1v) is 3.52. The molecule has 0 heterocycles. The van der Waals surface area contributed by atoms with Gasteiger partial charge in [0, 0.05) is 5.56 Å². The van der Waals surface area contributed by atoms with Crippen LogP contribution in [0.5, 0.6) is 0 Å². The molecule has 0 nitrogen and oxygen atoms in total. The van der Waals surface area contributed by atoms with Crippen LogP contribution in [0.2, 0.25) is 0 Å². The lowest BCUT2D eigenvalue weighted by atomic mass is 10.2. The van der Waals surface area contributed by atoms with Crippen molar-refractivity contribution >= 4 is 15.9 Å². The highest BCUT2D eigenvalue weighted by atomic mass is 79.9. The second-order valence-electron chi connectivity index (χ2n) is 1.97. The summed E-state index contributed by atoms with van der Waals surface area (Å²) < 4.78 is 25.3. The Balaban J connectivity index is 3.34. The standard InChI is InChI=1S/C7H5BrF2/c1-4-5(9)2-3-6(10)7(4)8/h2-3H,1H3. The van der Waals surface area contributed by atoms with Gasteiger partial charge in [-0.1, -0.05) is 0 Å². The summed E-state index contributed by atoms with van der Waals surface area (Å²) in [7, 11) is 0. The van der Waals surface area contributed by atoms with E-state index in [9.17, 15) is 8.78 Å². The Bertz CT molecular complexity index is 231. The third kappa shape index (κ3) is 1.19. The summed E-state index contributed by atoms with van der Waals surface area (Å²) in [6, 6.07) is 2.20. The smallest absolute Gasteiger partial charge is 0.137 e. The SMILES string of the molecule is Cc1c(F)ccc(F)c1Br. The average Bonchev–Trinajstić information content (AvgIpc) is 1.93. The molecule has 1 aromatic carbocycles. The first-order chi connectivity index (χ1) is 4.63. The first-order valence-electron chi connectivity index (χ1n) is 2.73. The topological polar surface area (TPSA) is 0 Å². The van der Waals surface area contributed by atoms with Crippen LogP contribution in [-0.4, -0.2) is 0 Å². The third-order valence-corrected chi connectivity index (χ3v) is 2.25. The largest absolute Gasteiger partial charge is 0.207 e. The quantitative estimate of drug-likeness (QED) is 0.573. The summed E-state index contributed by atoms with van der Waals surface area (Å²) >= 11 is 2.91. The molecule has 1 rings (SSSR count). The van der Waals surface area contributed by atoms with Crippen molar-refractivity contribution in [3.8, 4) is 0 Å². The zero-order valence-corrected chi connectivity index (χ0v) is 6.87. The minimum Gasteiger partial charge on any atom is -0.207 e. The van der Waals surface area contributed by atoms with Gasteiger partial charge in [0.25, 0.3) is 0 Å². The van der Waals surface area contributed by atoms with Crippen LogP contribution in [0.3, 0.4) is 0 Å². The summed E-state index contributed by atoms with van der Waals surface area (Å²) in [5.41, 5.74) is 0.306. The van der Waals surface area contributed by atoms with Crippen molar-refractivity contribution in [2.24, 2.45) is 0 Å². The maximum absolute atomic E-state index is 12.6. The van der Waals surface area contributed by atoms with Crippen LogP contribution in [0.25, 0.3) is 0 Å². The first kappa shape index (κ1) is 7.66. The summed E-state index contributed by atoms with van der Waals surface area (Å²) in [5, 5.41) is 0. The number of benzene rings is 1. The van der Waals surface area contributed by atoms with E-state index < -0.39 is 11.6 Å². The Kier molecular flexibility index (Phi) is 2.04. The molecule has 1 aromatic rings. The second kappa shape index (κ2) is 2.66. The van der Waals surface area contributed by atoms with Gasteiger partial charge in [-0.2, -0.15) is 0 Å². The van der Waals surface area contributed by atoms with E-state index in [0.29, 0.717) is 5.56 Å². The van der Waals surface area contributed by atoms with Crippen LogP contribution in [0.15, 0.2) is 16.6 Å². The van der Waals surface area contributed by atoms with Gasteiger partial charge in [0.15, 0.2) is 0 Å². The predicted octanol–water partition coefficient (Wildman–Crippen LogP) is 3.04. The van der Waals surface area contributed by atoms with Gasteiger partial charge in [0.1, 0.15) is 11.6 Å². The van der Waals surface area contributed by atoms with Crippen molar-refractivity contribution in [3.05, 3.63) is 33.8 Å². The minimum atomic E-state index is -0.432. The molecule has 0 spiro atoms. The maximum atomic E-state index is 12.6. The molecule has 3 heteroatoms. The fraction of sp³-hybridized carbons (Fsp3) is 0.143. The van der Waals surface area contributed by atoms with Crippen molar-refractivity contribution in [1.29, 1.82) is 0 Å². The van der Waals surface area contributed by atoms with Crippen molar-refractivity contribution < 1.29 is 8.78 Å². The van der Waals surface area contributed by atoms with Gasteiger partial charge < -0.3 is 0 Å². The molecule has 54 valence electrons. The monoisotopic (exact) mass is 206 g/mol. The van der Waals surface area contributed by atoms with E-state index in [0.717, 1.165) is 12.1 Å². The van der Waals surface area contributed by atoms with Gasteiger partial charge >= 0.3 is 0 Å². The Labute approximate surface area is 66.0 Å². The van der Waals surface area contributed by atoms with E-state index in [2.05, 4.69) is 15.9 Å². The van der Waals surface area contributed by atoms with Gasteiger partial charge in [-0.3, -0.25) is 0 Å². The molecule has 0 atom stereocenters. The molecule has 0 saturated heterocycles. The Morgan fingerprint density at radius 1 is 1.20 bits per heavy atom. The molecule has 0 amide bonds. The van der Waals surface area contributed by atoms with E-state index in [-0.39, 0.29) is 4.47 Å². The summed E-state index contributed by atoms with van der Waals surface area (Å²) in [6.45, 7) is 1.52. The van der Waals surface area contributed by atoms with Gasteiger partial charge in [-0.15, -0.1) is 0 Å². The normalized spacial score (nSPS) is 10.0. The lowest BCUT2D eigenvalue weighted by molar-refractivity contribution is 0.586. The molecule has 0 aliphatic carbocycles. The van der Waals surface area contributed by atoms with Crippen LogP contribution >= 0.6 is 15.9 Å². The predicted molar refractivity (Wildman–Crippen MR) is 38.8 cm³/mol. The van der Waals surface area contributed by atoms with E-state index in [4.69, 9.17) is 0 Å². The van der Waals surface area contributed by atoms with Crippen LogP contribution in [0, 0.1) is 18.6 Å². The number of rotatable bonds is 0. The van der Waals surface area contributed by atoms with Crippen molar-refractivity contribution in [3.63, 3.8) is 0 Å². The Morgan fingerprint density at radius 2 is 1.70 bits per heavy atom. The molecule has 0 aliphatic rings. The fourth-order valence-electron chi connectivity index (χ4n) is 0.628. The molecular weight excluding hydrogens is 202 g/mol. The zero-order valence-electron chi connectivity index (χ0n) is 5.29. The summed E-state index contributed by atoms with van der Waals surface area (Å²) in [6.07, 6.45) is 0. The van der Waals surface area contributed by atoms with E-state index in [1.165, 1.54) is 6.92 Å². The summed E-state index contributed by atoms with van der Waals surface area (Å²) in [4.78, 5) is 0. The maximum Gasteiger partial charge on any atom is 0.137 e. The molecule has 0 radical (unpaired) electrons. The van der Waals surface area contributed by atoms with E-state index >= 15 is 0 Å². The average molecular weight is 207 g/mol. The van der Waals surface area contributed by atoms with Gasteiger partial charge in [0.05, 0.1) is 4.47 Å². The molecule has 0 unspecified atom stereocenters. The van der Waals surface area contributed by atoms with E-state index in [1.807, 2.05) is 0 Å². The number of hydrogen-bond donors (Lipinski definition) is 0. The molecule has 0 aliphatic heterocycles. The molecule has 0 aromatic heterocycles. The lowest BCUT2D eigenvalue weighted by Crippen LogP contribution is -1.86. The number of hydrogen-bond acceptors (Lipinski definition) is 0. The number of halogens is 3. The van der Waals surface area contributed by atoms with Gasteiger partial charge in [0.2, 0.25) is 0 Å². The Hall–Kier alpha value is -0.440. The minimum absolute atomic E-state index is 0.201. The second-order valence-corrected chi connectivity index (χ2v) is 2.76. The molecule has 0 N–H and O–H groups in total. The molecule has 0 saturated carbocycles. The zero-order chi connectivity index (χ0) is 7.72. The highest BCUT2D eigenvalue weighted by molar-refractivity contribution is 9.10. The summed E-state index contributed by atoms with van der Waals surface area (Å²) in [5.74, 6) is -0.827. The van der Waals surface area contributed by atoms with Crippen LogP contribution in [-0.2, 0) is 0 Å². The van der Waals surface area contributed by atoms with Crippen molar-refractivity contribution in [2.75, 3.05) is 0 Å². The highest BCUT2D eigenvalue weighted by Gasteiger charge is 2.05. The van der Waals surface area contributed by atoms with Crippen LogP contribution in [0.1, 0.15) is 5.56 Å².